The smallest absolute Gasteiger partial charge is 0.169 e. The molecule has 2 fully saturated rings. The fourth-order valence-electron chi connectivity index (χ4n) is 2.41. The van der Waals surface area contributed by atoms with Crippen molar-refractivity contribution in [1.82, 2.24) is 15.0 Å². The van der Waals surface area contributed by atoms with E-state index < -0.39 is 0 Å². The van der Waals surface area contributed by atoms with E-state index >= 15 is 0 Å². The topological polar surface area (TPSA) is 66.0 Å². The number of aryl methyl sites for hydroxylation is 1. The van der Waals surface area contributed by atoms with Crippen LogP contribution in [-0.2, 0) is 11.3 Å². The first-order valence-electron chi connectivity index (χ1n) is 6.15. The number of hydrogen-bond acceptors (Lipinski definition) is 4. The summed E-state index contributed by atoms with van der Waals surface area (Å²) in [4.78, 5) is 0. The second-order valence-corrected chi connectivity index (χ2v) is 4.78. The van der Waals surface area contributed by atoms with Crippen molar-refractivity contribution >= 4 is 5.82 Å². The number of anilines is 1. The molecule has 3 rings (SSSR count). The van der Waals surface area contributed by atoms with E-state index in [9.17, 15) is 0 Å². The molecule has 16 heavy (non-hydrogen) atoms. The monoisotopic (exact) mass is 222 g/mol. The zero-order valence-corrected chi connectivity index (χ0v) is 9.43. The quantitative estimate of drug-likeness (QED) is 0.834. The average molecular weight is 222 g/mol. The molecule has 0 radical (unpaired) electrons. The van der Waals surface area contributed by atoms with E-state index in [4.69, 9.17) is 10.5 Å². The highest BCUT2D eigenvalue weighted by molar-refractivity contribution is 5.38. The summed E-state index contributed by atoms with van der Waals surface area (Å²) < 4.78 is 7.59. The highest BCUT2D eigenvalue weighted by Crippen LogP contribution is 2.42. The van der Waals surface area contributed by atoms with Gasteiger partial charge < -0.3 is 10.5 Å². The van der Waals surface area contributed by atoms with Crippen LogP contribution in [0.15, 0.2) is 0 Å². The lowest BCUT2D eigenvalue weighted by Crippen LogP contribution is -2.13. The van der Waals surface area contributed by atoms with E-state index in [1.807, 2.05) is 4.68 Å². The molecule has 1 aromatic heterocycles. The normalized spacial score (nSPS) is 25.1. The lowest BCUT2D eigenvalue weighted by Gasteiger charge is -2.10. The molecule has 1 aliphatic heterocycles. The standard InChI is InChI=1S/C11H18N4O/c12-11-10(8-3-4-8)15(14-13-11)6-5-9-2-1-7-16-9/h8-9H,1-7,12H2. The maximum absolute atomic E-state index is 5.84. The average Bonchev–Trinajstić information content (AvgIpc) is 2.85. The Hall–Kier alpha value is -1.10. The van der Waals surface area contributed by atoms with Crippen LogP contribution in [0.5, 0.6) is 0 Å². The summed E-state index contributed by atoms with van der Waals surface area (Å²) in [5.74, 6) is 1.23. The lowest BCUT2D eigenvalue weighted by molar-refractivity contribution is 0.0990. The molecule has 1 aromatic rings. The summed E-state index contributed by atoms with van der Waals surface area (Å²) in [6, 6.07) is 0. The lowest BCUT2D eigenvalue weighted by atomic mass is 10.2. The second-order valence-electron chi connectivity index (χ2n) is 4.78. The number of nitrogens with two attached hydrogens (primary N) is 1. The van der Waals surface area contributed by atoms with Gasteiger partial charge in [-0.3, -0.25) is 0 Å². The Morgan fingerprint density at radius 2 is 2.25 bits per heavy atom. The fourth-order valence-corrected chi connectivity index (χ4v) is 2.41. The van der Waals surface area contributed by atoms with Crippen LogP contribution in [0.4, 0.5) is 5.82 Å². The SMILES string of the molecule is Nc1nnn(CCC2CCCO2)c1C1CC1. The van der Waals surface area contributed by atoms with Gasteiger partial charge in [-0.05, 0) is 32.1 Å². The Morgan fingerprint density at radius 3 is 2.94 bits per heavy atom. The number of ether oxygens (including phenoxy) is 1. The summed E-state index contributed by atoms with van der Waals surface area (Å²) in [7, 11) is 0. The molecule has 1 saturated heterocycles. The van der Waals surface area contributed by atoms with E-state index in [0.717, 1.165) is 25.3 Å². The van der Waals surface area contributed by atoms with E-state index in [1.54, 1.807) is 0 Å². The second kappa shape index (κ2) is 4.05. The summed E-state index contributed by atoms with van der Waals surface area (Å²) in [5.41, 5.74) is 6.99. The Kier molecular flexibility index (Phi) is 2.55. The van der Waals surface area contributed by atoms with Gasteiger partial charge in [0.05, 0.1) is 11.8 Å². The molecule has 0 bridgehead atoms. The third kappa shape index (κ3) is 1.91. The summed E-state index contributed by atoms with van der Waals surface area (Å²) in [6.45, 7) is 1.81. The third-order valence-electron chi connectivity index (χ3n) is 3.45. The molecular weight excluding hydrogens is 204 g/mol. The van der Waals surface area contributed by atoms with E-state index in [-0.39, 0.29) is 0 Å². The van der Waals surface area contributed by atoms with Crippen LogP contribution in [-0.4, -0.2) is 27.7 Å². The van der Waals surface area contributed by atoms with Crippen molar-refractivity contribution < 1.29 is 4.74 Å². The van der Waals surface area contributed by atoms with E-state index in [0.29, 0.717) is 17.8 Å². The maximum atomic E-state index is 5.84. The number of nitrogens with zero attached hydrogens (tertiary/aromatic N) is 3. The molecule has 0 aromatic carbocycles. The van der Waals surface area contributed by atoms with Crippen LogP contribution in [0.2, 0.25) is 0 Å². The Bertz CT molecular complexity index is 366. The minimum Gasteiger partial charge on any atom is -0.381 e. The predicted octanol–water partition coefficient (Wildman–Crippen LogP) is 1.31. The van der Waals surface area contributed by atoms with Crippen molar-refractivity contribution in [2.45, 2.75) is 50.7 Å². The highest BCUT2D eigenvalue weighted by Gasteiger charge is 2.30. The summed E-state index contributed by atoms with van der Waals surface area (Å²) in [5, 5.41) is 8.10. The third-order valence-corrected chi connectivity index (χ3v) is 3.45. The van der Waals surface area contributed by atoms with Gasteiger partial charge in [0, 0.05) is 19.1 Å². The zero-order chi connectivity index (χ0) is 11.0. The van der Waals surface area contributed by atoms with Crippen LogP contribution < -0.4 is 5.73 Å². The van der Waals surface area contributed by atoms with Crippen LogP contribution in [0, 0.1) is 0 Å². The van der Waals surface area contributed by atoms with Crippen molar-refractivity contribution in [1.29, 1.82) is 0 Å². The molecule has 88 valence electrons. The Balaban J connectivity index is 1.64. The number of hydrogen-bond donors (Lipinski definition) is 1. The van der Waals surface area contributed by atoms with E-state index in [1.165, 1.54) is 25.7 Å². The van der Waals surface area contributed by atoms with Crippen LogP contribution >= 0.6 is 0 Å². The molecule has 2 N–H and O–H groups in total. The van der Waals surface area contributed by atoms with Crippen LogP contribution in [0.1, 0.15) is 43.7 Å². The van der Waals surface area contributed by atoms with Gasteiger partial charge in [-0.1, -0.05) is 5.21 Å². The van der Waals surface area contributed by atoms with Gasteiger partial charge in [0.15, 0.2) is 5.82 Å². The molecule has 0 amide bonds. The van der Waals surface area contributed by atoms with E-state index in [2.05, 4.69) is 10.3 Å². The highest BCUT2D eigenvalue weighted by atomic mass is 16.5. The molecule has 2 aliphatic rings. The number of rotatable bonds is 4. The van der Waals surface area contributed by atoms with Crippen LogP contribution in [0.3, 0.4) is 0 Å². The van der Waals surface area contributed by atoms with Crippen molar-refractivity contribution in [3.05, 3.63) is 5.69 Å². The van der Waals surface area contributed by atoms with Gasteiger partial charge in [0.2, 0.25) is 0 Å². The Morgan fingerprint density at radius 1 is 1.38 bits per heavy atom. The summed E-state index contributed by atoms with van der Waals surface area (Å²) in [6.07, 6.45) is 6.29. The molecule has 1 atom stereocenters. The number of nitrogen functional groups attached to an aromatic ring is 1. The minimum atomic E-state index is 0.414. The van der Waals surface area contributed by atoms with Crippen LogP contribution in [0.25, 0.3) is 0 Å². The van der Waals surface area contributed by atoms with Crippen molar-refractivity contribution in [3.8, 4) is 0 Å². The summed E-state index contributed by atoms with van der Waals surface area (Å²) >= 11 is 0. The minimum absolute atomic E-state index is 0.414. The van der Waals surface area contributed by atoms with Gasteiger partial charge in [0.1, 0.15) is 0 Å². The largest absolute Gasteiger partial charge is 0.381 e. The van der Waals surface area contributed by atoms with Crippen molar-refractivity contribution in [2.75, 3.05) is 12.3 Å². The first-order valence-corrected chi connectivity index (χ1v) is 6.15. The molecule has 1 saturated carbocycles. The molecule has 5 nitrogen and oxygen atoms in total. The maximum Gasteiger partial charge on any atom is 0.169 e. The molecule has 5 heteroatoms. The van der Waals surface area contributed by atoms with Crippen molar-refractivity contribution in [3.63, 3.8) is 0 Å². The van der Waals surface area contributed by atoms with Gasteiger partial charge in [-0.2, -0.15) is 0 Å². The van der Waals surface area contributed by atoms with Gasteiger partial charge in [-0.25, -0.2) is 4.68 Å². The predicted molar refractivity (Wildman–Crippen MR) is 60.0 cm³/mol. The van der Waals surface area contributed by atoms with Gasteiger partial charge in [0.25, 0.3) is 0 Å². The fraction of sp³-hybridized carbons (Fsp3) is 0.818. The van der Waals surface area contributed by atoms with Gasteiger partial charge >= 0.3 is 0 Å². The van der Waals surface area contributed by atoms with Gasteiger partial charge in [-0.15, -0.1) is 5.10 Å². The Labute approximate surface area is 95.0 Å². The first kappa shape index (κ1) is 10.1. The number of aromatic nitrogens is 3. The molecule has 0 spiro atoms. The molecule has 1 unspecified atom stereocenters. The molecule has 2 heterocycles. The first-order chi connectivity index (χ1) is 7.84. The van der Waals surface area contributed by atoms with Crippen molar-refractivity contribution in [2.24, 2.45) is 0 Å². The molecular formula is C11H18N4O. The molecule has 1 aliphatic carbocycles. The zero-order valence-electron chi connectivity index (χ0n) is 9.43.